The van der Waals surface area contributed by atoms with E-state index in [-0.39, 0.29) is 0 Å². The number of alkyl halides is 3. The molecule has 0 saturated heterocycles. The molecular weight excluding hydrogens is 373 g/mol. The van der Waals surface area contributed by atoms with Gasteiger partial charge in [-0.1, -0.05) is 12.1 Å². The van der Waals surface area contributed by atoms with E-state index in [1.54, 1.807) is 12.1 Å². The fourth-order valence-corrected chi connectivity index (χ4v) is 4.19. The predicted octanol–water partition coefficient (Wildman–Crippen LogP) is 3.47. The molecule has 3 N–H and O–H groups in total. The van der Waals surface area contributed by atoms with Crippen LogP contribution in [0.4, 0.5) is 18.9 Å². The Labute approximate surface area is 151 Å². The number of anilines is 1. The molecule has 0 atom stereocenters. The summed E-state index contributed by atoms with van der Waals surface area (Å²) in [5.74, 6) is 0.437. The summed E-state index contributed by atoms with van der Waals surface area (Å²) in [6, 6.07) is 6.88. The van der Waals surface area contributed by atoms with E-state index < -0.39 is 11.7 Å². The minimum Gasteiger partial charge on any atom is -0.296 e. The van der Waals surface area contributed by atoms with E-state index in [2.05, 4.69) is 16.5 Å². The number of carbonyl (C=O) groups excluding carboxylic acids is 1. The number of hydrogen-bond donors (Lipinski definition) is 3. The smallest absolute Gasteiger partial charge is 0.296 e. The lowest BCUT2D eigenvalue weighted by Crippen LogP contribution is -2.51. The first-order valence-electron chi connectivity index (χ1n) is 7.13. The van der Waals surface area contributed by atoms with Gasteiger partial charge in [-0.3, -0.25) is 15.2 Å². The van der Waals surface area contributed by atoms with Gasteiger partial charge in [0.25, 0.3) is 0 Å². The molecule has 1 aromatic carbocycles. The molecule has 0 unspecified atom stereocenters. The van der Waals surface area contributed by atoms with Crippen LogP contribution < -0.4 is 21.5 Å². The number of aryl methyl sites for hydroxylation is 1. The van der Waals surface area contributed by atoms with Crippen molar-refractivity contribution in [3.8, 4) is 0 Å². The largest absolute Gasteiger partial charge is 0.417 e. The number of carbonyl (C=O) groups is 1. The molecule has 0 aliphatic heterocycles. The standard InChI is InChI=1S/C15H17F3N4OS2/c1-10-4-3-5-13(22(2)21-20-19-9-23)14(10)25-8-12-6-11(7-24-12)15(16,17)18/h3-7,9,20-21H,8H2,1-2H3,(H,19,23). The number of halogens is 3. The number of thioether (sulfide) groups is 1. The van der Waals surface area contributed by atoms with Gasteiger partial charge in [-0.2, -0.15) is 24.2 Å². The van der Waals surface area contributed by atoms with Gasteiger partial charge < -0.3 is 0 Å². The Morgan fingerprint density at radius 3 is 2.76 bits per heavy atom. The molecule has 25 heavy (non-hydrogen) atoms. The fourth-order valence-electron chi connectivity index (χ4n) is 2.04. The second-order valence-electron chi connectivity index (χ2n) is 5.07. The van der Waals surface area contributed by atoms with E-state index in [9.17, 15) is 18.0 Å². The van der Waals surface area contributed by atoms with E-state index in [0.29, 0.717) is 17.0 Å². The zero-order chi connectivity index (χ0) is 18.4. The molecule has 1 heterocycles. The van der Waals surface area contributed by atoms with Gasteiger partial charge in [0.2, 0.25) is 6.41 Å². The maximum Gasteiger partial charge on any atom is 0.417 e. The van der Waals surface area contributed by atoms with Crippen LogP contribution in [0, 0.1) is 6.92 Å². The molecule has 0 aliphatic carbocycles. The van der Waals surface area contributed by atoms with Crippen LogP contribution >= 0.6 is 23.1 Å². The number of amides is 1. The van der Waals surface area contributed by atoms with Gasteiger partial charge in [0, 0.05) is 28.0 Å². The van der Waals surface area contributed by atoms with Crippen LogP contribution in [0.1, 0.15) is 16.0 Å². The lowest BCUT2D eigenvalue weighted by Gasteiger charge is -2.23. The number of benzene rings is 1. The van der Waals surface area contributed by atoms with Crippen molar-refractivity contribution in [1.82, 2.24) is 16.5 Å². The van der Waals surface area contributed by atoms with Crippen molar-refractivity contribution < 1.29 is 18.0 Å². The van der Waals surface area contributed by atoms with Crippen LogP contribution in [-0.4, -0.2) is 13.5 Å². The number of thiophene rings is 1. The first kappa shape index (κ1) is 19.6. The van der Waals surface area contributed by atoms with Crippen LogP contribution in [0.5, 0.6) is 0 Å². The van der Waals surface area contributed by atoms with E-state index in [1.165, 1.54) is 17.8 Å². The molecule has 1 amide bonds. The zero-order valence-electron chi connectivity index (χ0n) is 13.5. The number of nitrogens with zero attached hydrogens (tertiary/aromatic N) is 1. The van der Waals surface area contributed by atoms with Crippen LogP contribution in [0.3, 0.4) is 0 Å². The number of hydrogen-bond acceptors (Lipinski definition) is 6. The summed E-state index contributed by atoms with van der Waals surface area (Å²) in [4.78, 5) is 11.9. The molecule has 0 aliphatic rings. The summed E-state index contributed by atoms with van der Waals surface area (Å²) < 4.78 is 38.1. The highest BCUT2D eigenvalue weighted by Gasteiger charge is 2.31. The maximum atomic E-state index is 12.7. The Kier molecular flexibility index (Phi) is 6.71. The highest BCUT2D eigenvalue weighted by molar-refractivity contribution is 7.98. The van der Waals surface area contributed by atoms with Gasteiger partial charge in [0.15, 0.2) is 0 Å². The molecule has 0 saturated carbocycles. The average Bonchev–Trinajstić information content (AvgIpc) is 3.03. The minimum absolute atomic E-state index is 0.437. The van der Waals surface area contributed by atoms with E-state index in [1.807, 2.05) is 25.1 Å². The Hall–Kier alpha value is -1.75. The topological polar surface area (TPSA) is 56.4 Å². The molecule has 0 radical (unpaired) electrons. The minimum atomic E-state index is -4.31. The summed E-state index contributed by atoms with van der Waals surface area (Å²) in [5.41, 5.74) is 8.76. The molecule has 5 nitrogen and oxygen atoms in total. The van der Waals surface area contributed by atoms with Gasteiger partial charge >= 0.3 is 6.18 Å². The Balaban J connectivity index is 2.10. The van der Waals surface area contributed by atoms with Crippen molar-refractivity contribution in [3.05, 3.63) is 45.6 Å². The Bertz CT molecular complexity index is 721. The third-order valence-corrected chi connectivity index (χ3v) is 5.64. The van der Waals surface area contributed by atoms with Crippen LogP contribution in [0.15, 0.2) is 34.5 Å². The second kappa shape index (κ2) is 8.56. The summed E-state index contributed by atoms with van der Waals surface area (Å²) >= 11 is 2.56. The molecule has 0 spiro atoms. The molecule has 2 rings (SSSR count). The highest BCUT2D eigenvalue weighted by Crippen LogP contribution is 2.38. The van der Waals surface area contributed by atoms with E-state index >= 15 is 0 Å². The van der Waals surface area contributed by atoms with Gasteiger partial charge in [0.1, 0.15) is 0 Å². The van der Waals surface area contributed by atoms with E-state index in [0.717, 1.165) is 32.9 Å². The fraction of sp³-hybridized carbons (Fsp3) is 0.267. The van der Waals surface area contributed by atoms with Crippen LogP contribution in [0.2, 0.25) is 0 Å². The molecular formula is C15H17F3N4OS2. The lowest BCUT2D eigenvalue weighted by molar-refractivity contribution is -0.137. The first-order valence-corrected chi connectivity index (χ1v) is 9.00. The molecule has 136 valence electrons. The highest BCUT2D eigenvalue weighted by atomic mass is 32.2. The monoisotopic (exact) mass is 390 g/mol. The Morgan fingerprint density at radius 2 is 2.12 bits per heavy atom. The van der Waals surface area contributed by atoms with E-state index in [4.69, 9.17) is 0 Å². The second-order valence-corrected chi connectivity index (χ2v) is 7.05. The molecule has 0 bridgehead atoms. The van der Waals surface area contributed by atoms with Crippen molar-refractivity contribution in [2.75, 3.05) is 12.1 Å². The molecule has 0 fully saturated rings. The molecule has 10 heteroatoms. The summed E-state index contributed by atoms with van der Waals surface area (Å²) in [5, 5.41) is 2.80. The number of rotatable bonds is 8. The third kappa shape index (κ3) is 5.36. The summed E-state index contributed by atoms with van der Waals surface area (Å²) in [6.45, 7) is 1.94. The predicted molar refractivity (Wildman–Crippen MR) is 93.9 cm³/mol. The van der Waals surface area contributed by atoms with Gasteiger partial charge in [-0.15, -0.1) is 23.1 Å². The average molecular weight is 390 g/mol. The van der Waals surface area contributed by atoms with Crippen LogP contribution in [0.25, 0.3) is 0 Å². The third-order valence-electron chi connectivity index (χ3n) is 3.25. The van der Waals surface area contributed by atoms with Crippen molar-refractivity contribution >= 4 is 35.2 Å². The lowest BCUT2D eigenvalue weighted by atomic mass is 10.2. The maximum absolute atomic E-state index is 12.7. The number of hydrazine groups is 3. The van der Waals surface area contributed by atoms with Crippen molar-refractivity contribution in [3.63, 3.8) is 0 Å². The summed E-state index contributed by atoms with van der Waals surface area (Å²) in [7, 11) is 1.76. The van der Waals surface area contributed by atoms with Crippen molar-refractivity contribution in [2.45, 2.75) is 23.7 Å². The van der Waals surface area contributed by atoms with Gasteiger partial charge in [-0.05, 0) is 24.6 Å². The molecule has 1 aromatic heterocycles. The normalized spacial score (nSPS) is 11.4. The molecule has 2 aromatic rings. The summed E-state index contributed by atoms with van der Waals surface area (Å²) in [6.07, 6.45) is -3.82. The SMILES string of the molecule is Cc1cccc(N(C)NNNC=O)c1SCc1cc(C(F)(F)F)cs1. The van der Waals surface area contributed by atoms with Crippen LogP contribution in [-0.2, 0) is 16.7 Å². The quantitative estimate of drug-likeness (QED) is 0.279. The van der Waals surface area contributed by atoms with Crippen molar-refractivity contribution in [1.29, 1.82) is 0 Å². The Morgan fingerprint density at radius 1 is 1.36 bits per heavy atom. The first-order chi connectivity index (χ1) is 11.8. The van der Waals surface area contributed by atoms with Crippen molar-refractivity contribution in [2.24, 2.45) is 0 Å². The van der Waals surface area contributed by atoms with Gasteiger partial charge in [0.05, 0.1) is 11.3 Å². The zero-order valence-corrected chi connectivity index (χ0v) is 15.1. The number of nitrogens with one attached hydrogen (secondary N) is 3. The van der Waals surface area contributed by atoms with Gasteiger partial charge in [-0.25, -0.2) is 0 Å².